The standard InChI is InChI=1S/C10H18BrN3O/c1-4-14-9(5-8(12)6-15-3)10(11)7(2)13-14/h8H,4-6,12H2,1-3H3. The van der Waals surface area contributed by atoms with Crippen molar-refractivity contribution in [2.75, 3.05) is 13.7 Å². The fraction of sp³-hybridized carbons (Fsp3) is 0.700. The van der Waals surface area contributed by atoms with Crippen molar-refractivity contribution >= 4 is 15.9 Å². The molecule has 86 valence electrons. The summed E-state index contributed by atoms with van der Waals surface area (Å²) in [6, 6.07) is 0.0210. The second kappa shape index (κ2) is 5.63. The molecule has 0 amide bonds. The molecule has 0 fully saturated rings. The van der Waals surface area contributed by atoms with Crippen LogP contribution in [0.1, 0.15) is 18.3 Å². The molecular weight excluding hydrogens is 258 g/mol. The maximum Gasteiger partial charge on any atom is 0.0738 e. The number of nitrogens with two attached hydrogens (primary N) is 1. The first-order valence-corrected chi connectivity index (χ1v) is 5.85. The third-order valence-electron chi connectivity index (χ3n) is 2.29. The zero-order chi connectivity index (χ0) is 11.4. The van der Waals surface area contributed by atoms with Crippen LogP contribution in [-0.4, -0.2) is 29.5 Å². The van der Waals surface area contributed by atoms with E-state index in [-0.39, 0.29) is 6.04 Å². The van der Waals surface area contributed by atoms with E-state index in [2.05, 4.69) is 28.0 Å². The van der Waals surface area contributed by atoms with Gasteiger partial charge in [0, 0.05) is 26.1 Å². The Balaban J connectivity index is 2.82. The van der Waals surface area contributed by atoms with Gasteiger partial charge in [-0.1, -0.05) is 0 Å². The van der Waals surface area contributed by atoms with Gasteiger partial charge in [0.2, 0.25) is 0 Å². The fourth-order valence-electron chi connectivity index (χ4n) is 1.59. The number of hydrogen-bond acceptors (Lipinski definition) is 3. The van der Waals surface area contributed by atoms with E-state index in [4.69, 9.17) is 10.5 Å². The lowest BCUT2D eigenvalue weighted by atomic mass is 10.1. The normalized spacial score (nSPS) is 13.1. The third-order valence-corrected chi connectivity index (χ3v) is 3.32. The molecule has 0 aliphatic carbocycles. The average molecular weight is 276 g/mol. The van der Waals surface area contributed by atoms with E-state index in [1.165, 1.54) is 0 Å². The first-order valence-electron chi connectivity index (χ1n) is 5.06. The Morgan fingerprint density at radius 3 is 2.80 bits per heavy atom. The van der Waals surface area contributed by atoms with E-state index in [9.17, 15) is 0 Å². The predicted molar refractivity (Wildman–Crippen MR) is 63.9 cm³/mol. The van der Waals surface area contributed by atoms with Crippen molar-refractivity contribution in [2.24, 2.45) is 5.73 Å². The lowest BCUT2D eigenvalue weighted by Crippen LogP contribution is -2.29. The summed E-state index contributed by atoms with van der Waals surface area (Å²) in [5.74, 6) is 0. The van der Waals surface area contributed by atoms with Gasteiger partial charge in [0.1, 0.15) is 0 Å². The van der Waals surface area contributed by atoms with E-state index in [1.807, 2.05) is 11.6 Å². The van der Waals surface area contributed by atoms with Crippen molar-refractivity contribution in [3.8, 4) is 0 Å². The van der Waals surface area contributed by atoms with Crippen LogP contribution in [0.5, 0.6) is 0 Å². The summed E-state index contributed by atoms with van der Waals surface area (Å²) < 4.78 is 8.07. The summed E-state index contributed by atoms with van der Waals surface area (Å²) >= 11 is 3.54. The Kier molecular flexibility index (Phi) is 4.76. The Labute approximate surface area is 98.9 Å². The number of nitrogens with zero attached hydrogens (tertiary/aromatic N) is 2. The van der Waals surface area contributed by atoms with Crippen LogP contribution in [0.3, 0.4) is 0 Å². The fourth-order valence-corrected chi connectivity index (χ4v) is 2.03. The van der Waals surface area contributed by atoms with E-state index < -0.39 is 0 Å². The summed E-state index contributed by atoms with van der Waals surface area (Å²) in [6.07, 6.45) is 0.781. The van der Waals surface area contributed by atoms with Crippen LogP contribution in [0.25, 0.3) is 0 Å². The molecule has 1 atom stereocenters. The van der Waals surface area contributed by atoms with Crippen LogP contribution < -0.4 is 5.73 Å². The van der Waals surface area contributed by atoms with Gasteiger partial charge in [0.25, 0.3) is 0 Å². The van der Waals surface area contributed by atoms with E-state index in [0.29, 0.717) is 6.61 Å². The van der Waals surface area contributed by atoms with Crippen molar-refractivity contribution in [3.63, 3.8) is 0 Å². The van der Waals surface area contributed by atoms with Gasteiger partial charge in [0.15, 0.2) is 0 Å². The average Bonchev–Trinajstić information content (AvgIpc) is 2.46. The molecule has 4 nitrogen and oxygen atoms in total. The summed E-state index contributed by atoms with van der Waals surface area (Å²) in [7, 11) is 1.66. The topological polar surface area (TPSA) is 53.1 Å². The van der Waals surface area contributed by atoms with Crippen LogP contribution >= 0.6 is 15.9 Å². The summed E-state index contributed by atoms with van der Waals surface area (Å²) in [5, 5.41) is 4.42. The van der Waals surface area contributed by atoms with Crippen LogP contribution in [0.2, 0.25) is 0 Å². The van der Waals surface area contributed by atoms with Gasteiger partial charge in [-0.25, -0.2) is 0 Å². The van der Waals surface area contributed by atoms with Gasteiger partial charge in [-0.05, 0) is 29.8 Å². The van der Waals surface area contributed by atoms with Crippen molar-refractivity contribution in [1.29, 1.82) is 0 Å². The zero-order valence-corrected chi connectivity index (χ0v) is 11.0. The van der Waals surface area contributed by atoms with Gasteiger partial charge >= 0.3 is 0 Å². The Hall–Kier alpha value is -0.390. The van der Waals surface area contributed by atoms with E-state index >= 15 is 0 Å². The molecule has 1 heterocycles. The second-order valence-corrected chi connectivity index (χ2v) is 4.37. The molecule has 1 aromatic rings. The second-order valence-electron chi connectivity index (χ2n) is 3.58. The molecule has 1 rings (SSSR count). The lowest BCUT2D eigenvalue weighted by Gasteiger charge is -2.11. The molecule has 1 unspecified atom stereocenters. The molecule has 0 bridgehead atoms. The highest BCUT2D eigenvalue weighted by Crippen LogP contribution is 2.22. The largest absolute Gasteiger partial charge is 0.383 e. The first kappa shape index (κ1) is 12.7. The minimum atomic E-state index is 0.0210. The van der Waals surface area contributed by atoms with Gasteiger partial charge < -0.3 is 10.5 Å². The minimum Gasteiger partial charge on any atom is -0.383 e. The Bertz CT molecular complexity index is 325. The van der Waals surface area contributed by atoms with Gasteiger partial charge in [-0.3, -0.25) is 4.68 Å². The molecule has 0 aliphatic rings. The number of aryl methyl sites for hydroxylation is 2. The summed E-state index contributed by atoms with van der Waals surface area (Å²) in [5.41, 5.74) is 8.09. The third kappa shape index (κ3) is 3.03. The van der Waals surface area contributed by atoms with Crippen LogP contribution in [-0.2, 0) is 17.7 Å². The van der Waals surface area contributed by atoms with Crippen molar-refractivity contribution in [3.05, 3.63) is 15.9 Å². The zero-order valence-electron chi connectivity index (χ0n) is 9.46. The molecule has 0 saturated carbocycles. The lowest BCUT2D eigenvalue weighted by molar-refractivity contribution is 0.179. The molecule has 0 aliphatic heterocycles. The number of aromatic nitrogens is 2. The Morgan fingerprint density at radius 2 is 2.27 bits per heavy atom. The molecule has 0 saturated heterocycles. The molecular formula is C10H18BrN3O. The number of rotatable bonds is 5. The number of halogens is 1. The SMILES string of the molecule is CCn1nc(C)c(Br)c1CC(N)COC. The van der Waals surface area contributed by atoms with Gasteiger partial charge in [-0.15, -0.1) is 0 Å². The highest BCUT2D eigenvalue weighted by Gasteiger charge is 2.14. The van der Waals surface area contributed by atoms with Gasteiger partial charge in [-0.2, -0.15) is 5.10 Å². The molecule has 2 N–H and O–H groups in total. The molecule has 1 aromatic heterocycles. The van der Waals surface area contributed by atoms with Crippen molar-refractivity contribution < 1.29 is 4.74 Å². The maximum absolute atomic E-state index is 5.93. The van der Waals surface area contributed by atoms with Crippen molar-refractivity contribution in [2.45, 2.75) is 32.9 Å². The summed E-state index contributed by atoms with van der Waals surface area (Å²) in [4.78, 5) is 0. The molecule has 15 heavy (non-hydrogen) atoms. The number of ether oxygens (including phenoxy) is 1. The quantitative estimate of drug-likeness (QED) is 0.886. The monoisotopic (exact) mass is 275 g/mol. The smallest absolute Gasteiger partial charge is 0.0738 e. The number of methoxy groups -OCH3 is 1. The predicted octanol–water partition coefficient (Wildman–Crippen LogP) is 1.49. The van der Waals surface area contributed by atoms with E-state index in [1.54, 1.807) is 7.11 Å². The molecule has 5 heteroatoms. The van der Waals surface area contributed by atoms with Crippen LogP contribution in [0, 0.1) is 6.92 Å². The Morgan fingerprint density at radius 1 is 1.60 bits per heavy atom. The molecule has 0 aromatic carbocycles. The number of hydrogen-bond donors (Lipinski definition) is 1. The van der Waals surface area contributed by atoms with Gasteiger partial charge in [0.05, 0.1) is 22.5 Å². The molecule has 0 radical (unpaired) electrons. The highest BCUT2D eigenvalue weighted by molar-refractivity contribution is 9.10. The molecule has 0 spiro atoms. The highest BCUT2D eigenvalue weighted by atomic mass is 79.9. The van der Waals surface area contributed by atoms with Crippen LogP contribution in [0.15, 0.2) is 4.47 Å². The van der Waals surface area contributed by atoms with Crippen LogP contribution in [0.4, 0.5) is 0 Å². The van der Waals surface area contributed by atoms with Crippen molar-refractivity contribution in [1.82, 2.24) is 9.78 Å². The summed E-state index contributed by atoms with van der Waals surface area (Å²) in [6.45, 7) is 5.49. The first-order chi connectivity index (χ1) is 7.10. The van der Waals surface area contributed by atoms with E-state index in [0.717, 1.165) is 28.8 Å². The minimum absolute atomic E-state index is 0.0210. The maximum atomic E-state index is 5.93.